The molecule has 0 aliphatic carbocycles. The monoisotopic (exact) mass is 453 g/mol. The second-order valence-electron chi connectivity index (χ2n) is 9.47. The van der Waals surface area contributed by atoms with Gasteiger partial charge in [0.1, 0.15) is 11.6 Å². The van der Waals surface area contributed by atoms with Crippen LogP contribution in [-0.2, 0) is 7.05 Å². The molecule has 172 valence electrons. The minimum absolute atomic E-state index is 0.185. The molecule has 6 rings (SSSR count). The van der Waals surface area contributed by atoms with Crippen molar-refractivity contribution < 1.29 is 4.79 Å². The molecule has 5 heterocycles. The molecule has 8 nitrogen and oxygen atoms in total. The Balaban J connectivity index is 1.19. The molecule has 1 aromatic carbocycles. The van der Waals surface area contributed by atoms with Gasteiger partial charge in [-0.15, -0.1) is 0 Å². The zero-order valence-electron chi connectivity index (χ0n) is 19.2. The van der Waals surface area contributed by atoms with E-state index in [9.17, 15) is 4.79 Å². The number of nitrogens with one attached hydrogen (secondary N) is 2. The molecule has 1 amide bonds. The summed E-state index contributed by atoms with van der Waals surface area (Å²) in [6.07, 6.45) is 9.46. The Morgan fingerprint density at radius 1 is 1.03 bits per heavy atom. The number of carbonyl (C=O) groups is 1. The molecule has 3 aromatic heterocycles. The number of benzene rings is 1. The number of rotatable bonds is 4. The SMILES string of the molecule is Cn1cncc1-c1ccc2cnc(NC(=O)c3ccnc(N4CCC5(CC4)CNC5)c3)cc2c1. The average molecular weight is 454 g/mol. The number of nitrogens with zero attached hydrogens (tertiary/aromatic N) is 5. The van der Waals surface area contributed by atoms with Crippen LogP contribution in [0.15, 0.2) is 61.3 Å². The molecule has 0 unspecified atom stereocenters. The second kappa shape index (κ2) is 8.22. The minimum Gasteiger partial charge on any atom is -0.357 e. The van der Waals surface area contributed by atoms with Crippen molar-refractivity contribution in [2.75, 3.05) is 36.4 Å². The van der Waals surface area contributed by atoms with Gasteiger partial charge in [-0.1, -0.05) is 12.1 Å². The highest BCUT2D eigenvalue weighted by molar-refractivity contribution is 6.05. The lowest BCUT2D eigenvalue weighted by molar-refractivity contribution is 0.102. The largest absolute Gasteiger partial charge is 0.357 e. The zero-order chi connectivity index (χ0) is 23.1. The Labute approximate surface area is 198 Å². The maximum absolute atomic E-state index is 13.0. The third kappa shape index (κ3) is 3.80. The van der Waals surface area contributed by atoms with Gasteiger partial charge in [0.15, 0.2) is 0 Å². The quantitative estimate of drug-likeness (QED) is 0.492. The molecular formula is C26H27N7O. The van der Waals surface area contributed by atoms with Gasteiger partial charge in [-0.3, -0.25) is 4.79 Å². The van der Waals surface area contributed by atoms with Crippen LogP contribution in [0.3, 0.4) is 0 Å². The first kappa shape index (κ1) is 20.8. The summed E-state index contributed by atoms with van der Waals surface area (Å²) in [5.74, 6) is 1.20. The number of aryl methyl sites for hydroxylation is 1. The van der Waals surface area contributed by atoms with E-state index in [2.05, 4.69) is 42.6 Å². The highest BCUT2D eigenvalue weighted by Gasteiger charge is 2.39. The van der Waals surface area contributed by atoms with E-state index in [0.29, 0.717) is 16.8 Å². The maximum Gasteiger partial charge on any atom is 0.257 e. The summed E-state index contributed by atoms with van der Waals surface area (Å²) in [6.45, 7) is 4.20. The molecule has 2 N–H and O–H groups in total. The van der Waals surface area contributed by atoms with Crippen LogP contribution in [0.4, 0.5) is 11.6 Å². The Bertz CT molecular complexity index is 1360. The van der Waals surface area contributed by atoms with Crippen molar-refractivity contribution in [1.82, 2.24) is 24.8 Å². The highest BCUT2D eigenvalue weighted by Crippen LogP contribution is 2.36. The summed E-state index contributed by atoms with van der Waals surface area (Å²) in [4.78, 5) is 28.5. The first-order valence-electron chi connectivity index (χ1n) is 11.7. The summed E-state index contributed by atoms with van der Waals surface area (Å²) < 4.78 is 1.98. The van der Waals surface area contributed by atoms with E-state index >= 15 is 0 Å². The molecule has 2 aliphatic rings. The Kier molecular flexibility index (Phi) is 5.03. The molecule has 4 aromatic rings. The van der Waals surface area contributed by atoms with Gasteiger partial charge in [-0.2, -0.15) is 0 Å². The lowest BCUT2D eigenvalue weighted by atomic mass is 9.73. The van der Waals surface area contributed by atoms with Gasteiger partial charge in [0.2, 0.25) is 0 Å². The number of carbonyl (C=O) groups excluding carboxylic acids is 1. The van der Waals surface area contributed by atoms with E-state index in [1.165, 1.54) is 12.8 Å². The first-order valence-corrected chi connectivity index (χ1v) is 11.7. The normalized spacial score (nSPS) is 17.0. The van der Waals surface area contributed by atoms with Crippen molar-refractivity contribution in [1.29, 1.82) is 0 Å². The smallest absolute Gasteiger partial charge is 0.257 e. The predicted molar refractivity (Wildman–Crippen MR) is 133 cm³/mol. The average Bonchev–Trinajstić information content (AvgIpc) is 3.28. The summed E-state index contributed by atoms with van der Waals surface area (Å²) in [7, 11) is 1.97. The zero-order valence-corrected chi connectivity index (χ0v) is 19.2. The maximum atomic E-state index is 13.0. The first-order chi connectivity index (χ1) is 16.6. The Hall–Kier alpha value is -3.78. The molecule has 2 fully saturated rings. The van der Waals surface area contributed by atoms with Crippen molar-refractivity contribution in [3.63, 3.8) is 0 Å². The molecule has 0 atom stereocenters. The van der Waals surface area contributed by atoms with Gasteiger partial charge >= 0.3 is 0 Å². The summed E-state index contributed by atoms with van der Waals surface area (Å²) >= 11 is 0. The van der Waals surface area contributed by atoms with Crippen molar-refractivity contribution in [3.05, 3.63) is 66.9 Å². The van der Waals surface area contributed by atoms with Crippen LogP contribution in [0.2, 0.25) is 0 Å². The van der Waals surface area contributed by atoms with Crippen molar-refractivity contribution in [2.45, 2.75) is 12.8 Å². The number of hydrogen-bond donors (Lipinski definition) is 2. The Morgan fingerprint density at radius 2 is 1.88 bits per heavy atom. The molecule has 1 spiro atoms. The number of imidazole rings is 1. The van der Waals surface area contributed by atoms with Crippen LogP contribution < -0.4 is 15.5 Å². The highest BCUT2D eigenvalue weighted by atomic mass is 16.1. The van der Waals surface area contributed by atoms with Crippen LogP contribution in [0.25, 0.3) is 22.0 Å². The fraction of sp³-hybridized carbons (Fsp3) is 0.308. The molecule has 0 saturated carbocycles. The molecule has 0 radical (unpaired) electrons. The van der Waals surface area contributed by atoms with Crippen molar-refractivity contribution in [2.24, 2.45) is 12.5 Å². The fourth-order valence-electron chi connectivity index (χ4n) is 4.97. The molecule has 2 saturated heterocycles. The molecule has 0 bridgehead atoms. The Morgan fingerprint density at radius 3 is 2.62 bits per heavy atom. The number of aromatic nitrogens is 4. The van der Waals surface area contributed by atoms with E-state index in [-0.39, 0.29) is 5.91 Å². The second-order valence-corrected chi connectivity index (χ2v) is 9.47. The van der Waals surface area contributed by atoms with Crippen molar-refractivity contribution >= 4 is 28.3 Å². The van der Waals surface area contributed by atoms with Crippen molar-refractivity contribution in [3.8, 4) is 11.3 Å². The summed E-state index contributed by atoms with van der Waals surface area (Å²) in [5.41, 5.74) is 3.16. The lowest BCUT2D eigenvalue weighted by Crippen LogP contribution is -2.58. The third-order valence-corrected chi connectivity index (χ3v) is 7.23. The summed E-state index contributed by atoms with van der Waals surface area (Å²) in [5, 5.41) is 8.38. The number of pyridine rings is 2. The van der Waals surface area contributed by atoms with Gasteiger partial charge < -0.3 is 20.1 Å². The number of piperidine rings is 1. The van der Waals surface area contributed by atoms with Gasteiger partial charge in [0.05, 0.1) is 18.2 Å². The van der Waals surface area contributed by atoms with Crippen LogP contribution >= 0.6 is 0 Å². The topological polar surface area (TPSA) is 88.0 Å². The predicted octanol–water partition coefficient (Wildman–Crippen LogP) is 3.47. The van der Waals surface area contributed by atoms with Crippen LogP contribution in [0, 0.1) is 5.41 Å². The van der Waals surface area contributed by atoms with E-state index in [0.717, 1.165) is 54.0 Å². The summed E-state index contributed by atoms with van der Waals surface area (Å²) in [6, 6.07) is 11.7. The third-order valence-electron chi connectivity index (χ3n) is 7.23. The van der Waals surface area contributed by atoms with Gasteiger partial charge in [0, 0.05) is 62.1 Å². The molecule has 2 aliphatic heterocycles. The lowest BCUT2D eigenvalue weighted by Gasteiger charge is -2.48. The van der Waals surface area contributed by atoms with Gasteiger partial charge in [-0.05, 0) is 47.9 Å². The van der Waals surface area contributed by atoms with Gasteiger partial charge in [-0.25, -0.2) is 15.0 Å². The van der Waals surface area contributed by atoms with Gasteiger partial charge in [0.25, 0.3) is 5.91 Å². The minimum atomic E-state index is -0.185. The molecule has 34 heavy (non-hydrogen) atoms. The number of amides is 1. The number of hydrogen-bond acceptors (Lipinski definition) is 6. The van der Waals surface area contributed by atoms with E-state index in [1.807, 2.05) is 36.0 Å². The van der Waals surface area contributed by atoms with E-state index in [1.54, 1.807) is 24.8 Å². The molecular weight excluding hydrogens is 426 g/mol. The van der Waals surface area contributed by atoms with Crippen LogP contribution in [0.5, 0.6) is 0 Å². The van der Waals surface area contributed by atoms with E-state index < -0.39 is 0 Å². The van der Waals surface area contributed by atoms with Crippen LogP contribution in [-0.4, -0.2) is 51.6 Å². The van der Waals surface area contributed by atoms with E-state index in [4.69, 9.17) is 0 Å². The number of anilines is 2. The standard InChI is InChI=1S/C26H27N7O/c1-32-17-27-14-22(32)18-2-3-20-13-30-23(11-21(20)10-18)31-25(34)19-4-7-29-24(12-19)33-8-5-26(6-9-33)15-28-16-26/h2-4,7,10-14,17,28H,5-6,8-9,15-16H2,1H3,(H,30,31,34). The fourth-order valence-corrected chi connectivity index (χ4v) is 4.97. The molecule has 8 heteroatoms. The number of fused-ring (bicyclic) bond motifs is 1. The van der Waals surface area contributed by atoms with Crippen LogP contribution in [0.1, 0.15) is 23.2 Å².